The first-order valence-electron chi connectivity index (χ1n) is 7.97. The van der Waals surface area contributed by atoms with E-state index in [0.717, 1.165) is 37.0 Å². The van der Waals surface area contributed by atoms with Gasteiger partial charge in [-0.25, -0.2) is 0 Å². The maximum atomic E-state index is 12.7. The van der Waals surface area contributed by atoms with Gasteiger partial charge in [0.05, 0.1) is 24.8 Å². The van der Waals surface area contributed by atoms with E-state index in [1.165, 1.54) is 12.1 Å². The molecule has 4 nitrogen and oxygen atoms in total. The Morgan fingerprint density at radius 1 is 1.21 bits per heavy atom. The molecule has 1 aromatic rings. The number of ether oxygens (including phenoxy) is 2. The Balaban J connectivity index is 2.04. The second-order valence-electron chi connectivity index (χ2n) is 5.76. The van der Waals surface area contributed by atoms with Gasteiger partial charge in [0.2, 0.25) is 5.91 Å². The largest absolute Gasteiger partial charge is 0.416 e. The molecule has 1 aliphatic heterocycles. The number of hydrogen-bond acceptors (Lipinski definition) is 3. The van der Waals surface area contributed by atoms with E-state index in [4.69, 9.17) is 9.47 Å². The number of rotatable bonds is 6. The molecule has 7 heteroatoms. The van der Waals surface area contributed by atoms with Gasteiger partial charge in [0.25, 0.3) is 0 Å². The minimum atomic E-state index is -4.35. The van der Waals surface area contributed by atoms with E-state index in [2.05, 4.69) is 0 Å². The Labute approximate surface area is 139 Å². The zero-order valence-corrected chi connectivity index (χ0v) is 13.6. The van der Waals surface area contributed by atoms with Gasteiger partial charge in [-0.3, -0.25) is 4.79 Å². The zero-order valence-electron chi connectivity index (χ0n) is 13.6. The third-order valence-electron chi connectivity index (χ3n) is 4.10. The van der Waals surface area contributed by atoms with Crippen molar-refractivity contribution in [3.05, 3.63) is 35.4 Å². The zero-order chi connectivity index (χ0) is 17.6. The average Bonchev–Trinajstić information content (AvgIpc) is 2.58. The minimum absolute atomic E-state index is 0.0412. The number of nitrogens with zero attached hydrogens (tertiary/aromatic N) is 1. The van der Waals surface area contributed by atoms with Gasteiger partial charge in [-0.15, -0.1) is 0 Å². The number of amides is 1. The van der Waals surface area contributed by atoms with Gasteiger partial charge < -0.3 is 14.4 Å². The first-order valence-corrected chi connectivity index (χ1v) is 7.97. The van der Waals surface area contributed by atoms with Crippen LogP contribution in [0.5, 0.6) is 0 Å². The van der Waals surface area contributed by atoms with Crippen molar-refractivity contribution in [1.29, 1.82) is 0 Å². The van der Waals surface area contributed by atoms with Crippen LogP contribution in [0, 0.1) is 0 Å². The summed E-state index contributed by atoms with van der Waals surface area (Å²) in [5, 5.41) is 0. The van der Waals surface area contributed by atoms with Gasteiger partial charge in [-0.05, 0) is 37.0 Å². The normalized spacial score (nSPS) is 18.7. The third kappa shape index (κ3) is 4.95. The van der Waals surface area contributed by atoms with E-state index < -0.39 is 11.7 Å². The van der Waals surface area contributed by atoms with Crippen LogP contribution in [0.2, 0.25) is 0 Å². The summed E-state index contributed by atoms with van der Waals surface area (Å²) >= 11 is 0. The maximum absolute atomic E-state index is 12.7. The highest BCUT2D eigenvalue weighted by atomic mass is 19.4. The summed E-state index contributed by atoms with van der Waals surface area (Å²) in [7, 11) is 1.55. The summed E-state index contributed by atoms with van der Waals surface area (Å²) in [6, 6.07) is 4.87. The Morgan fingerprint density at radius 2 is 1.92 bits per heavy atom. The predicted octanol–water partition coefficient (Wildman–Crippen LogP) is 3.42. The molecule has 0 unspecified atom stereocenters. The van der Waals surface area contributed by atoms with Crippen LogP contribution in [-0.2, 0) is 20.4 Å². The molecule has 2 rings (SSSR count). The Bertz CT molecular complexity index is 531. The number of carbonyl (C=O) groups excluding carboxylic acids is 1. The standard InChI is InChI=1S/C17H22F3NO3/c1-23-10-11-24-12-16(22)21-9-3-2-4-15(21)13-5-7-14(8-6-13)17(18,19)20/h5-8,15H,2-4,9-12H2,1H3/t15-/m0/s1. The molecule has 1 saturated heterocycles. The summed E-state index contributed by atoms with van der Waals surface area (Å²) < 4.78 is 48.2. The molecule has 0 aliphatic carbocycles. The van der Waals surface area contributed by atoms with Crippen molar-refractivity contribution in [2.24, 2.45) is 0 Å². The SMILES string of the molecule is COCCOCC(=O)N1CCCC[C@H]1c1ccc(C(F)(F)F)cc1. The first-order chi connectivity index (χ1) is 11.4. The first kappa shape index (κ1) is 18.7. The molecule has 1 atom stereocenters. The smallest absolute Gasteiger partial charge is 0.382 e. The summed E-state index contributed by atoms with van der Waals surface area (Å²) in [5.41, 5.74) is 0.0516. The molecular formula is C17H22F3NO3. The number of benzene rings is 1. The average molecular weight is 345 g/mol. The number of alkyl halides is 3. The Kier molecular flexibility index (Phi) is 6.62. The van der Waals surface area contributed by atoms with Crippen molar-refractivity contribution < 1.29 is 27.4 Å². The molecule has 1 amide bonds. The van der Waals surface area contributed by atoms with Crippen molar-refractivity contribution in [3.63, 3.8) is 0 Å². The molecule has 1 aromatic carbocycles. The highest BCUT2D eigenvalue weighted by Crippen LogP contribution is 2.34. The molecule has 0 N–H and O–H groups in total. The number of halogens is 3. The van der Waals surface area contributed by atoms with Crippen LogP contribution in [-0.4, -0.2) is 44.3 Å². The third-order valence-corrected chi connectivity index (χ3v) is 4.10. The van der Waals surface area contributed by atoms with Crippen molar-refractivity contribution in [2.45, 2.75) is 31.5 Å². The summed E-state index contributed by atoms with van der Waals surface area (Å²) in [5.74, 6) is -0.143. The van der Waals surface area contributed by atoms with Gasteiger partial charge >= 0.3 is 6.18 Å². The molecule has 0 bridgehead atoms. The fourth-order valence-electron chi connectivity index (χ4n) is 2.86. The van der Waals surface area contributed by atoms with Crippen LogP contribution < -0.4 is 0 Å². The molecule has 1 aliphatic rings. The molecule has 0 saturated carbocycles. The van der Waals surface area contributed by atoms with Crippen LogP contribution >= 0.6 is 0 Å². The van der Waals surface area contributed by atoms with Gasteiger partial charge in [0.15, 0.2) is 0 Å². The number of likely N-dealkylation sites (tertiary alicyclic amines) is 1. The minimum Gasteiger partial charge on any atom is -0.382 e. The fraction of sp³-hybridized carbons (Fsp3) is 0.588. The molecule has 0 aromatic heterocycles. The van der Waals surface area contributed by atoms with Crippen LogP contribution in [0.4, 0.5) is 13.2 Å². The van der Waals surface area contributed by atoms with Gasteiger partial charge in [0, 0.05) is 13.7 Å². The van der Waals surface area contributed by atoms with Crippen LogP contribution in [0.3, 0.4) is 0 Å². The van der Waals surface area contributed by atoms with Crippen molar-refractivity contribution in [2.75, 3.05) is 33.5 Å². The second kappa shape index (κ2) is 8.48. The van der Waals surface area contributed by atoms with Gasteiger partial charge in [-0.2, -0.15) is 13.2 Å². The summed E-state index contributed by atoms with van der Waals surface area (Å²) in [6.45, 7) is 1.30. The molecule has 24 heavy (non-hydrogen) atoms. The summed E-state index contributed by atoms with van der Waals surface area (Å²) in [4.78, 5) is 14.1. The monoisotopic (exact) mass is 345 g/mol. The van der Waals surface area contributed by atoms with E-state index in [-0.39, 0.29) is 18.6 Å². The number of methoxy groups -OCH3 is 1. The number of hydrogen-bond donors (Lipinski definition) is 0. The predicted molar refractivity (Wildman–Crippen MR) is 82.4 cm³/mol. The topological polar surface area (TPSA) is 38.8 Å². The van der Waals surface area contributed by atoms with Crippen molar-refractivity contribution in [3.8, 4) is 0 Å². The van der Waals surface area contributed by atoms with E-state index in [0.29, 0.717) is 19.8 Å². The summed E-state index contributed by atoms with van der Waals surface area (Å²) in [6.07, 6.45) is -1.77. The lowest BCUT2D eigenvalue weighted by Crippen LogP contribution is -2.40. The molecule has 1 fully saturated rings. The van der Waals surface area contributed by atoms with Gasteiger partial charge in [0.1, 0.15) is 6.61 Å². The highest BCUT2D eigenvalue weighted by molar-refractivity contribution is 5.78. The Hall–Kier alpha value is -1.60. The highest BCUT2D eigenvalue weighted by Gasteiger charge is 2.32. The van der Waals surface area contributed by atoms with Gasteiger partial charge in [-0.1, -0.05) is 12.1 Å². The maximum Gasteiger partial charge on any atom is 0.416 e. The van der Waals surface area contributed by atoms with Crippen LogP contribution in [0.1, 0.15) is 36.4 Å². The lowest BCUT2D eigenvalue weighted by molar-refractivity contribution is -0.141. The van der Waals surface area contributed by atoms with Crippen molar-refractivity contribution >= 4 is 5.91 Å². The number of carbonyl (C=O) groups is 1. The van der Waals surface area contributed by atoms with Crippen molar-refractivity contribution in [1.82, 2.24) is 4.90 Å². The molecule has 134 valence electrons. The molecule has 0 radical (unpaired) electrons. The van der Waals surface area contributed by atoms with Crippen LogP contribution in [0.15, 0.2) is 24.3 Å². The second-order valence-corrected chi connectivity index (χ2v) is 5.76. The molecule has 1 heterocycles. The lowest BCUT2D eigenvalue weighted by atomic mass is 9.94. The van der Waals surface area contributed by atoms with E-state index in [1.807, 2.05) is 0 Å². The van der Waals surface area contributed by atoms with E-state index >= 15 is 0 Å². The quantitative estimate of drug-likeness (QED) is 0.742. The van der Waals surface area contributed by atoms with E-state index in [9.17, 15) is 18.0 Å². The van der Waals surface area contributed by atoms with Crippen LogP contribution in [0.25, 0.3) is 0 Å². The van der Waals surface area contributed by atoms with E-state index in [1.54, 1.807) is 12.0 Å². The number of piperidine rings is 1. The Morgan fingerprint density at radius 3 is 2.54 bits per heavy atom. The lowest BCUT2D eigenvalue weighted by Gasteiger charge is -2.36. The molecule has 0 spiro atoms. The molecular weight excluding hydrogens is 323 g/mol. The fourth-order valence-corrected chi connectivity index (χ4v) is 2.86.